The van der Waals surface area contributed by atoms with Crippen LogP contribution in [0, 0.1) is 12.7 Å². The number of halogens is 1. The van der Waals surface area contributed by atoms with Gasteiger partial charge in [-0.25, -0.2) is 9.18 Å². The van der Waals surface area contributed by atoms with Crippen molar-refractivity contribution < 1.29 is 23.1 Å². The molecule has 0 bridgehead atoms. The molecule has 3 heterocycles. The quantitative estimate of drug-likeness (QED) is 0.801. The maximum atomic E-state index is 13.5. The third-order valence-corrected chi connectivity index (χ3v) is 6.05. The number of ether oxygens (including phenoxy) is 1. The number of aryl methyl sites for hydroxylation is 1. The number of urea groups is 1. The van der Waals surface area contributed by atoms with Gasteiger partial charge >= 0.3 is 6.03 Å². The summed E-state index contributed by atoms with van der Waals surface area (Å²) in [5, 5.41) is 3.68. The van der Waals surface area contributed by atoms with Crippen LogP contribution in [0.4, 0.5) is 9.18 Å². The van der Waals surface area contributed by atoms with Crippen LogP contribution in [-0.2, 0) is 9.53 Å². The largest absolute Gasteiger partial charge is 0.459 e. The molecule has 1 atom stereocenters. The van der Waals surface area contributed by atoms with Crippen LogP contribution in [0.1, 0.15) is 24.3 Å². The third-order valence-electron chi connectivity index (χ3n) is 6.05. The number of carbonyl (C=O) groups is 2. The number of hydrogen-bond acceptors (Lipinski definition) is 5. The fourth-order valence-corrected chi connectivity index (χ4v) is 4.18. The summed E-state index contributed by atoms with van der Waals surface area (Å²) in [6.07, 6.45) is 0. The molecule has 0 radical (unpaired) electrons. The molecule has 0 spiro atoms. The SMILES string of the molecule is Cc1c(C(C)NC(=O)N2CCN(C(=O)CN3CCOCC3)CC2)oc2ccc(F)cc12. The first-order valence-electron chi connectivity index (χ1n) is 10.7. The smallest absolute Gasteiger partial charge is 0.318 e. The number of amides is 3. The molecule has 2 fully saturated rings. The summed E-state index contributed by atoms with van der Waals surface area (Å²) in [7, 11) is 0. The minimum Gasteiger partial charge on any atom is -0.459 e. The Morgan fingerprint density at radius 2 is 1.77 bits per heavy atom. The molecule has 1 aromatic heterocycles. The molecule has 2 aliphatic rings. The molecular formula is C22H29FN4O4. The van der Waals surface area contributed by atoms with E-state index in [0.717, 1.165) is 18.7 Å². The second-order valence-corrected chi connectivity index (χ2v) is 8.16. The summed E-state index contributed by atoms with van der Waals surface area (Å²) in [5.74, 6) is 0.398. The molecule has 0 aliphatic carbocycles. The Morgan fingerprint density at radius 1 is 1.10 bits per heavy atom. The van der Waals surface area contributed by atoms with Gasteiger partial charge in [0, 0.05) is 50.2 Å². The topological polar surface area (TPSA) is 78.3 Å². The van der Waals surface area contributed by atoms with Crippen molar-refractivity contribution in [2.45, 2.75) is 19.9 Å². The average molecular weight is 432 g/mol. The van der Waals surface area contributed by atoms with Crippen LogP contribution in [-0.4, -0.2) is 85.7 Å². The number of benzene rings is 1. The normalized spacial score (nSPS) is 18.9. The summed E-state index contributed by atoms with van der Waals surface area (Å²) < 4.78 is 24.7. The molecule has 1 unspecified atom stereocenters. The molecule has 2 aliphatic heterocycles. The highest BCUT2D eigenvalue weighted by Gasteiger charge is 2.27. The summed E-state index contributed by atoms with van der Waals surface area (Å²) in [6, 6.07) is 3.85. The van der Waals surface area contributed by atoms with Crippen molar-refractivity contribution in [3.8, 4) is 0 Å². The number of nitrogens with one attached hydrogen (secondary N) is 1. The Morgan fingerprint density at radius 3 is 2.48 bits per heavy atom. The number of hydrogen-bond donors (Lipinski definition) is 1. The molecule has 168 valence electrons. The first-order chi connectivity index (χ1) is 14.9. The van der Waals surface area contributed by atoms with Gasteiger partial charge in [-0.2, -0.15) is 0 Å². The number of rotatable bonds is 4. The highest BCUT2D eigenvalue weighted by Crippen LogP contribution is 2.30. The number of morpholine rings is 1. The maximum Gasteiger partial charge on any atom is 0.318 e. The fourth-order valence-electron chi connectivity index (χ4n) is 4.18. The Labute approximate surface area is 180 Å². The molecule has 2 aromatic rings. The molecule has 4 rings (SSSR count). The van der Waals surface area contributed by atoms with Gasteiger partial charge in [-0.15, -0.1) is 0 Å². The van der Waals surface area contributed by atoms with E-state index >= 15 is 0 Å². The molecule has 0 saturated carbocycles. The number of carbonyl (C=O) groups excluding carboxylic acids is 2. The lowest BCUT2D eigenvalue weighted by molar-refractivity contribution is -0.134. The van der Waals surface area contributed by atoms with Crippen LogP contribution in [0.15, 0.2) is 22.6 Å². The maximum absolute atomic E-state index is 13.5. The van der Waals surface area contributed by atoms with Gasteiger partial charge in [0.05, 0.1) is 25.8 Å². The zero-order chi connectivity index (χ0) is 22.0. The number of furan rings is 1. The Balaban J connectivity index is 1.30. The van der Waals surface area contributed by atoms with Gasteiger partial charge < -0.3 is 24.3 Å². The summed E-state index contributed by atoms with van der Waals surface area (Å²) >= 11 is 0. The van der Waals surface area contributed by atoms with Crippen LogP contribution < -0.4 is 5.32 Å². The molecule has 3 amide bonds. The van der Waals surface area contributed by atoms with Gasteiger partial charge in [-0.3, -0.25) is 9.69 Å². The lowest BCUT2D eigenvalue weighted by Gasteiger charge is -2.36. The van der Waals surface area contributed by atoms with Crippen molar-refractivity contribution >= 4 is 22.9 Å². The Kier molecular flexibility index (Phi) is 6.43. The summed E-state index contributed by atoms with van der Waals surface area (Å²) in [4.78, 5) is 30.9. The van der Waals surface area contributed by atoms with E-state index in [9.17, 15) is 14.0 Å². The van der Waals surface area contributed by atoms with Gasteiger partial charge in [0.2, 0.25) is 5.91 Å². The molecule has 8 nitrogen and oxygen atoms in total. The van der Waals surface area contributed by atoms with Crippen molar-refractivity contribution in [1.82, 2.24) is 20.0 Å². The van der Waals surface area contributed by atoms with Gasteiger partial charge in [0.15, 0.2) is 0 Å². The van der Waals surface area contributed by atoms with Crippen LogP contribution in [0.3, 0.4) is 0 Å². The van der Waals surface area contributed by atoms with E-state index in [0.29, 0.717) is 62.7 Å². The fraction of sp³-hybridized carbons (Fsp3) is 0.545. The van der Waals surface area contributed by atoms with E-state index in [1.165, 1.54) is 12.1 Å². The van der Waals surface area contributed by atoms with Crippen molar-refractivity contribution in [3.05, 3.63) is 35.3 Å². The zero-order valence-corrected chi connectivity index (χ0v) is 18.0. The van der Waals surface area contributed by atoms with Crippen LogP contribution in [0.25, 0.3) is 11.0 Å². The van der Waals surface area contributed by atoms with Crippen LogP contribution in [0.5, 0.6) is 0 Å². The first-order valence-corrected chi connectivity index (χ1v) is 10.7. The van der Waals surface area contributed by atoms with Gasteiger partial charge in [-0.1, -0.05) is 0 Å². The minimum atomic E-state index is -0.357. The van der Waals surface area contributed by atoms with Crippen LogP contribution in [0.2, 0.25) is 0 Å². The standard InChI is InChI=1S/C22H29FN4O4/c1-15-18-13-17(23)3-4-19(18)31-21(15)16(2)24-22(29)27-7-5-26(6-8-27)20(28)14-25-9-11-30-12-10-25/h3-4,13,16H,5-12,14H2,1-2H3,(H,24,29). The number of nitrogens with zero attached hydrogens (tertiary/aromatic N) is 3. The van der Waals surface area contributed by atoms with Crippen molar-refractivity contribution in [1.29, 1.82) is 0 Å². The van der Waals surface area contributed by atoms with Crippen LogP contribution >= 0.6 is 0 Å². The summed E-state index contributed by atoms with van der Waals surface area (Å²) in [5.41, 5.74) is 1.42. The van der Waals surface area contributed by atoms with E-state index in [2.05, 4.69) is 10.2 Å². The lowest BCUT2D eigenvalue weighted by atomic mass is 10.1. The molecule has 1 aromatic carbocycles. The predicted octanol–water partition coefficient (Wildman–Crippen LogP) is 2.13. The molecule has 2 saturated heterocycles. The van der Waals surface area contributed by atoms with E-state index in [1.54, 1.807) is 11.0 Å². The van der Waals surface area contributed by atoms with E-state index in [4.69, 9.17) is 9.15 Å². The monoisotopic (exact) mass is 432 g/mol. The van der Waals surface area contributed by atoms with Gasteiger partial charge in [-0.05, 0) is 32.0 Å². The lowest BCUT2D eigenvalue weighted by Crippen LogP contribution is -2.55. The third kappa shape index (κ3) is 4.83. The highest BCUT2D eigenvalue weighted by molar-refractivity contribution is 5.83. The molecule has 9 heteroatoms. The minimum absolute atomic E-state index is 0.0976. The van der Waals surface area contributed by atoms with Crippen molar-refractivity contribution in [2.24, 2.45) is 0 Å². The van der Waals surface area contributed by atoms with Gasteiger partial charge in [0.25, 0.3) is 0 Å². The van der Waals surface area contributed by atoms with Crippen molar-refractivity contribution in [2.75, 3.05) is 59.0 Å². The second-order valence-electron chi connectivity index (χ2n) is 8.16. The number of piperazine rings is 1. The second kappa shape index (κ2) is 9.23. The average Bonchev–Trinajstić information content (AvgIpc) is 3.10. The predicted molar refractivity (Wildman–Crippen MR) is 113 cm³/mol. The Hall–Kier alpha value is -2.65. The van der Waals surface area contributed by atoms with E-state index in [1.807, 2.05) is 18.7 Å². The van der Waals surface area contributed by atoms with Gasteiger partial charge in [0.1, 0.15) is 17.2 Å². The summed E-state index contributed by atoms with van der Waals surface area (Å²) in [6.45, 7) is 9.01. The first kappa shape index (κ1) is 21.6. The Bertz CT molecular complexity index is 948. The van der Waals surface area contributed by atoms with Crippen molar-refractivity contribution in [3.63, 3.8) is 0 Å². The zero-order valence-electron chi connectivity index (χ0n) is 18.0. The number of fused-ring (bicyclic) bond motifs is 1. The molecule has 1 N–H and O–H groups in total. The van der Waals surface area contributed by atoms with E-state index in [-0.39, 0.29) is 23.8 Å². The highest BCUT2D eigenvalue weighted by atomic mass is 19.1. The van der Waals surface area contributed by atoms with E-state index < -0.39 is 0 Å². The molecule has 31 heavy (non-hydrogen) atoms. The molecular weight excluding hydrogens is 403 g/mol.